The van der Waals surface area contributed by atoms with Crippen molar-refractivity contribution in [2.24, 2.45) is 5.92 Å². The molecular formula is C15H18N2O2. The van der Waals surface area contributed by atoms with E-state index in [9.17, 15) is 4.79 Å². The van der Waals surface area contributed by atoms with Crippen molar-refractivity contribution >= 4 is 10.8 Å². The van der Waals surface area contributed by atoms with Crippen LogP contribution in [0.3, 0.4) is 0 Å². The van der Waals surface area contributed by atoms with Gasteiger partial charge in [-0.3, -0.25) is 4.79 Å². The first-order valence-corrected chi connectivity index (χ1v) is 6.78. The Hall–Kier alpha value is -1.81. The Morgan fingerprint density at radius 1 is 1.32 bits per heavy atom. The lowest BCUT2D eigenvalue weighted by Gasteiger charge is -2.22. The fourth-order valence-corrected chi connectivity index (χ4v) is 2.54. The maximum absolute atomic E-state index is 11.6. The third-order valence-electron chi connectivity index (χ3n) is 3.63. The number of hydrogen-bond donors (Lipinski definition) is 2. The van der Waals surface area contributed by atoms with Crippen molar-refractivity contribution in [3.05, 3.63) is 40.8 Å². The molecule has 0 amide bonds. The Morgan fingerprint density at radius 2 is 2.26 bits per heavy atom. The minimum absolute atomic E-state index is 0.0551. The SMILES string of the molecule is O=c1[nH]ccc2cc(OC[C@H]3CCCNC3)ccc12. The standard InChI is InChI=1S/C15H18N2O2/c18-15-14-4-3-13(8-12(14)5-7-17-15)19-10-11-2-1-6-16-9-11/h3-5,7-8,11,16H,1-2,6,9-10H2,(H,17,18)/t11-/m0/s1. The first-order valence-electron chi connectivity index (χ1n) is 6.78. The summed E-state index contributed by atoms with van der Waals surface area (Å²) in [7, 11) is 0. The van der Waals surface area contributed by atoms with E-state index < -0.39 is 0 Å². The van der Waals surface area contributed by atoms with Crippen LogP contribution in [0.2, 0.25) is 0 Å². The quantitative estimate of drug-likeness (QED) is 0.884. The largest absolute Gasteiger partial charge is 0.493 e. The predicted octanol–water partition coefficient (Wildman–Crippen LogP) is 1.91. The van der Waals surface area contributed by atoms with Gasteiger partial charge in [0.2, 0.25) is 0 Å². The normalized spacial score (nSPS) is 19.5. The average Bonchev–Trinajstić information content (AvgIpc) is 2.46. The number of nitrogens with one attached hydrogen (secondary N) is 2. The molecule has 100 valence electrons. The number of hydrogen-bond acceptors (Lipinski definition) is 3. The van der Waals surface area contributed by atoms with Gasteiger partial charge in [0.15, 0.2) is 0 Å². The second kappa shape index (κ2) is 5.45. The molecule has 3 rings (SSSR count). The Morgan fingerprint density at radius 3 is 3.11 bits per heavy atom. The molecule has 2 N–H and O–H groups in total. The van der Waals surface area contributed by atoms with Crippen LogP contribution in [0.5, 0.6) is 5.75 Å². The molecule has 2 heterocycles. The Kier molecular flexibility index (Phi) is 3.51. The lowest BCUT2D eigenvalue weighted by atomic mass is 10.0. The highest BCUT2D eigenvalue weighted by atomic mass is 16.5. The van der Waals surface area contributed by atoms with E-state index in [1.165, 1.54) is 12.8 Å². The molecule has 2 aromatic rings. The Balaban J connectivity index is 1.72. The topological polar surface area (TPSA) is 54.1 Å². The number of ether oxygens (including phenoxy) is 1. The van der Waals surface area contributed by atoms with Gasteiger partial charge < -0.3 is 15.0 Å². The van der Waals surface area contributed by atoms with Gasteiger partial charge in [-0.15, -0.1) is 0 Å². The van der Waals surface area contributed by atoms with E-state index in [-0.39, 0.29) is 5.56 Å². The average molecular weight is 258 g/mol. The summed E-state index contributed by atoms with van der Waals surface area (Å²) in [6.45, 7) is 2.89. The summed E-state index contributed by atoms with van der Waals surface area (Å²) in [4.78, 5) is 14.3. The number of H-pyrrole nitrogens is 1. The zero-order valence-electron chi connectivity index (χ0n) is 10.8. The summed E-state index contributed by atoms with van der Waals surface area (Å²) in [6.07, 6.45) is 4.11. The minimum atomic E-state index is -0.0551. The van der Waals surface area contributed by atoms with Gasteiger partial charge in [-0.2, -0.15) is 0 Å². The number of aromatic nitrogens is 1. The van der Waals surface area contributed by atoms with Gasteiger partial charge in [0.1, 0.15) is 5.75 Å². The predicted molar refractivity (Wildman–Crippen MR) is 75.7 cm³/mol. The number of fused-ring (bicyclic) bond motifs is 1. The van der Waals surface area contributed by atoms with E-state index in [1.54, 1.807) is 6.20 Å². The molecule has 0 spiro atoms. The van der Waals surface area contributed by atoms with Gasteiger partial charge in [0, 0.05) is 24.0 Å². The molecular weight excluding hydrogens is 240 g/mol. The second-order valence-corrected chi connectivity index (χ2v) is 5.08. The van der Waals surface area contributed by atoms with Crippen LogP contribution in [-0.2, 0) is 0 Å². The summed E-state index contributed by atoms with van der Waals surface area (Å²) in [5, 5.41) is 5.01. The molecule has 4 nitrogen and oxygen atoms in total. The molecule has 1 atom stereocenters. The zero-order valence-corrected chi connectivity index (χ0v) is 10.8. The first-order chi connectivity index (χ1) is 9.33. The lowest BCUT2D eigenvalue weighted by Crippen LogP contribution is -2.33. The highest BCUT2D eigenvalue weighted by molar-refractivity contribution is 5.82. The molecule has 0 unspecified atom stereocenters. The van der Waals surface area contributed by atoms with Crippen LogP contribution in [0, 0.1) is 5.92 Å². The Bertz CT molecular complexity index is 615. The van der Waals surface area contributed by atoms with Gasteiger partial charge in [0.25, 0.3) is 5.56 Å². The van der Waals surface area contributed by atoms with Crippen LogP contribution in [0.15, 0.2) is 35.3 Å². The molecule has 4 heteroatoms. The van der Waals surface area contributed by atoms with Crippen molar-refractivity contribution in [2.45, 2.75) is 12.8 Å². The summed E-state index contributed by atoms with van der Waals surface area (Å²) in [5.41, 5.74) is -0.0551. The van der Waals surface area contributed by atoms with Crippen LogP contribution in [0.1, 0.15) is 12.8 Å². The minimum Gasteiger partial charge on any atom is -0.493 e. The zero-order chi connectivity index (χ0) is 13.1. The van der Waals surface area contributed by atoms with E-state index in [0.717, 1.165) is 30.8 Å². The molecule has 0 saturated carbocycles. The fourth-order valence-electron chi connectivity index (χ4n) is 2.54. The maximum atomic E-state index is 11.6. The number of aromatic amines is 1. The summed E-state index contributed by atoms with van der Waals surface area (Å²) in [5.74, 6) is 1.42. The molecule has 0 aliphatic carbocycles. The molecule has 1 saturated heterocycles. The van der Waals surface area contributed by atoms with Gasteiger partial charge in [0.05, 0.1) is 6.61 Å². The number of pyridine rings is 1. The van der Waals surface area contributed by atoms with E-state index in [1.807, 2.05) is 24.3 Å². The smallest absolute Gasteiger partial charge is 0.255 e. The highest BCUT2D eigenvalue weighted by Crippen LogP contribution is 2.19. The Labute approximate surface area is 111 Å². The molecule has 19 heavy (non-hydrogen) atoms. The van der Waals surface area contributed by atoms with Crippen LogP contribution < -0.4 is 15.6 Å². The van der Waals surface area contributed by atoms with Gasteiger partial charge in [-0.05, 0) is 49.0 Å². The number of piperidine rings is 1. The fraction of sp³-hybridized carbons (Fsp3) is 0.400. The van der Waals surface area contributed by atoms with Crippen LogP contribution >= 0.6 is 0 Å². The molecule has 1 aromatic carbocycles. The summed E-state index contributed by atoms with van der Waals surface area (Å²) < 4.78 is 5.84. The lowest BCUT2D eigenvalue weighted by molar-refractivity contribution is 0.218. The molecule has 0 radical (unpaired) electrons. The summed E-state index contributed by atoms with van der Waals surface area (Å²) >= 11 is 0. The third kappa shape index (κ3) is 2.79. The van der Waals surface area contributed by atoms with Crippen molar-refractivity contribution in [1.29, 1.82) is 0 Å². The van der Waals surface area contributed by atoms with E-state index in [0.29, 0.717) is 11.3 Å². The van der Waals surface area contributed by atoms with Crippen molar-refractivity contribution in [2.75, 3.05) is 19.7 Å². The number of rotatable bonds is 3. The van der Waals surface area contributed by atoms with E-state index in [2.05, 4.69) is 10.3 Å². The van der Waals surface area contributed by atoms with Gasteiger partial charge in [-0.1, -0.05) is 0 Å². The van der Waals surface area contributed by atoms with Gasteiger partial charge in [-0.25, -0.2) is 0 Å². The van der Waals surface area contributed by atoms with Crippen molar-refractivity contribution in [3.8, 4) is 5.75 Å². The van der Waals surface area contributed by atoms with Gasteiger partial charge >= 0.3 is 0 Å². The van der Waals surface area contributed by atoms with Crippen molar-refractivity contribution < 1.29 is 4.74 Å². The summed E-state index contributed by atoms with van der Waals surface area (Å²) in [6, 6.07) is 7.52. The second-order valence-electron chi connectivity index (χ2n) is 5.08. The molecule has 1 aliphatic heterocycles. The van der Waals surface area contributed by atoms with Crippen molar-refractivity contribution in [3.63, 3.8) is 0 Å². The molecule has 1 aromatic heterocycles. The van der Waals surface area contributed by atoms with E-state index >= 15 is 0 Å². The molecule has 0 bridgehead atoms. The van der Waals surface area contributed by atoms with Crippen LogP contribution in [0.25, 0.3) is 10.8 Å². The highest BCUT2D eigenvalue weighted by Gasteiger charge is 2.13. The van der Waals surface area contributed by atoms with Crippen LogP contribution in [0.4, 0.5) is 0 Å². The van der Waals surface area contributed by atoms with Crippen molar-refractivity contribution in [1.82, 2.24) is 10.3 Å². The monoisotopic (exact) mass is 258 g/mol. The third-order valence-corrected chi connectivity index (χ3v) is 3.63. The number of benzene rings is 1. The van der Waals surface area contributed by atoms with E-state index in [4.69, 9.17) is 4.74 Å². The molecule has 1 fully saturated rings. The molecule has 1 aliphatic rings. The van der Waals surface area contributed by atoms with Crippen LogP contribution in [-0.4, -0.2) is 24.7 Å². The maximum Gasteiger partial charge on any atom is 0.255 e. The first kappa shape index (κ1) is 12.2.